The highest BCUT2D eigenvalue weighted by Gasteiger charge is 2.29. The summed E-state index contributed by atoms with van der Waals surface area (Å²) in [5, 5.41) is 3.69. The van der Waals surface area contributed by atoms with Gasteiger partial charge in [0.1, 0.15) is 0 Å². The van der Waals surface area contributed by atoms with Gasteiger partial charge in [0.25, 0.3) is 0 Å². The highest BCUT2D eigenvalue weighted by Crippen LogP contribution is 2.50. The summed E-state index contributed by atoms with van der Waals surface area (Å²) in [6.45, 7) is 34.6. The van der Waals surface area contributed by atoms with Crippen LogP contribution >= 0.6 is 0 Å². The number of aromatic nitrogens is 2. The third-order valence-electron chi connectivity index (χ3n) is 15.1. The normalized spacial score (nSPS) is 12.9. The monoisotopic (exact) mass is 958 g/mol. The van der Waals surface area contributed by atoms with Crippen LogP contribution in [0.3, 0.4) is 0 Å². The molecular formula is C70H75N3. The Kier molecular flexibility index (Phi) is 12.1. The zero-order valence-electron chi connectivity index (χ0n) is 46.1. The minimum Gasteiger partial charge on any atom is -0.353 e. The zero-order valence-corrected chi connectivity index (χ0v) is 46.1. The number of rotatable bonds is 7. The number of fused-ring (bicyclic) bond motifs is 5. The molecule has 0 aliphatic carbocycles. The molecule has 10 aromatic rings. The van der Waals surface area contributed by atoms with Gasteiger partial charge in [-0.3, -0.25) is 0 Å². The molecule has 0 aliphatic rings. The molecule has 0 amide bonds. The molecule has 3 heteroatoms. The molecule has 0 spiro atoms. The summed E-state index contributed by atoms with van der Waals surface area (Å²) in [6, 6.07) is 66.8. The number of H-pyrrole nitrogens is 1. The lowest BCUT2D eigenvalue weighted by molar-refractivity contribution is 0.589. The van der Waals surface area contributed by atoms with E-state index in [4.69, 9.17) is 0 Å². The number of hydrogen-bond acceptors (Lipinski definition) is 1. The second kappa shape index (κ2) is 17.8. The molecule has 2 heterocycles. The summed E-state index contributed by atoms with van der Waals surface area (Å²) < 4.78 is 2.55. The first kappa shape index (κ1) is 49.5. The Hall–Kier alpha value is -7.10. The van der Waals surface area contributed by atoms with Crippen molar-refractivity contribution in [2.45, 2.75) is 131 Å². The van der Waals surface area contributed by atoms with Gasteiger partial charge in [-0.15, -0.1) is 0 Å². The van der Waals surface area contributed by atoms with Crippen molar-refractivity contribution in [2.24, 2.45) is 0 Å². The summed E-state index contributed by atoms with van der Waals surface area (Å²) in [5.41, 5.74) is 21.4. The van der Waals surface area contributed by atoms with E-state index in [0.717, 1.165) is 39.5 Å². The highest BCUT2D eigenvalue weighted by molar-refractivity contribution is 6.26. The molecule has 370 valence electrons. The first-order valence-electron chi connectivity index (χ1n) is 26.4. The number of benzene rings is 8. The van der Waals surface area contributed by atoms with Crippen LogP contribution < -0.4 is 4.90 Å². The Morgan fingerprint density at radius 1 is 0.370 bits per heavy atom. The average molecular weight is 958 g/mol. The highest BCUT2D eigenvalue weighted by atomic mass is 15.1. The average Bonchev–Trinajstić information content (AvgIpc) is 3.90. The minimum atomic E-state index is -0.164. The molecule has 3 nitrogen and oxygen atoms in total. The summed E-state index contributed by atoms with van der Waals surface area (Å²) in [6.07, 6.45) is 0. The Balaban J connectivity index is 1.37. The standard InChI is InChI=1S/C70H75N3/c1-66(2,3)48-26-33-53(34-27-48)72(54-35-28-49(29-36-54)67(4,5)6)56-41-47(40-52(42-56)70(13,14)15)57-44-59-58-43-51(69(10,11)12)32-39-60(58)73(55-37-30-50(31-38-55)68(7,8)9)65(59)62-61(45-22-18-16-19-23-45)63(71-64(57)62)46-24-20-17-21-25-46/h16-44,71H,1-15H3. The third kappa shape index (κ3) is 9.33. The Bertz CT molecular complexity index is 3570. The van der Waals surface area contributed by atoms with Crippen LogP contribution in [0.1, 0.15) is 132 Å². The number of nitrogens with zero attached hydrogens (tertiary/aromatic N) is 2. The maximum atomic E-state index is 4.21. The van der Waals surface area contributed by atoms with E-state index >= 15 is 0 Å². The molecule has 2 aromatic heterocycles. The van der Waals surface area contributed by atoms with Gasteiger partial charge in [-0.25, -0.2) is 0 Å². The molecular weight excluding hydrogens is 883 g/mol. The van der Waals surface area contributed by atoms with Crippen molar-refractivity contribution in [2.75, 3.05) is 4.90 Å². The predicted octanol–water partition coefficient (Wildman–Crippen LogP) is 20.2. The topological polar surface area (TPSA) is 24.0 Å². The second-order valence-corrected chi connectivity index (χ2v) is 25.7. The first-order chi connectivity index (χ1) is 34.4. The van der Waals surface area contributed by atoms with Gasteiger partial charge in [-0.05, 0) is 138 Å². The van der Waals surface area contributed by atoms with Gasteiger partial charge in [0.15, 0.2) is 0 Å². The van der Waals surface area contributed by atoms with Gasteiger partial charge in [-0.2, -0.15) is 0 Å². The maximum absolute atomic E-state index is 4.21. The maximum Gasteiger partial charge on any atom is 0.0641 e. The Morgan fingerprint density at radius 2 is 0.836 bits per heavy atom. The molecule has 8 aromatic carbocycles. The molecule has 0 radical (unpaired) electrons. The van der Waals surface area contributed by atoms with Gasteiger partial charge in [-0.1, -0.05) is 213 Å². The third-order valence-corrected chi connectivity index (χ3v) is 15.1. The quantitative estimate of drug-likeness (QED) is 0.169. The fourth-order valence-electron chi connectivity index (χ4n) is 10.6. The van der Waals surface area contributed by atoms with Crippen LogP contribution in [0.25, 0.3) is 71.9 Å². The van der Waals surface area contributed by atoms with Gasteiger partial charge >= 0.3 is 0 Å². The Labute approximate surface area is 436 Å². The fourth-order valence-corrected chi connectivity index (χ4v) is 10.6. The largest absolute Gasteiger partial charge is 0.353 e. The summed E-state index contributed by atoms with van der Waals surface area (Å²) in [4.78, 5) is 6.68. The van der Waals surface area contributed by atoms with Crippen molar-refractivity contribution in [1.29, 1.82) is 0 Å². The van der Waals surface area contributed by atoms with Crippen LogP contribution in [0.5, 0.6) is 0 Å². The molecule has 0 saturated heterocycles. The SMILES string of the molecule is CC(C)(C)c1ccc(N(c2ccc(C(C)(C)C)cc2)c2cc(-c3cc4c5cc(C(C)(C)C)ccc5n(-c5ccc(C(C)(C)C)cc5)c4c4c(-c5ccccc5)c(-c5ccccc5)[nH]c34)cc(C(C)(C)C)c2)cc1. The van der Waals surface area contributed by atoms with Gasteiger partial charge in [0, 0.05) is 50.0 Å². The Morgan fingerprint density at radius 3 is 1.33 bits per heavy atom. The number of aromatic amines is 1. The van der Waals surface area contributed by atoms with Crippen molar-refractivity contribution in [3.05, 3.63) is 204 Å². The van der Waals surface area contributed by atoms with Crippen molar-refractivity contribution < 1.29 is 0 Å². The minimum absolute atomic E-state index is 0.0244. The lowest BCUT2D eigenvalue weighted by Crippen LogP contribution is -2.16. The molecule has 10 rings (SSSR count). The molecule has 0 bridgehead atoms. The van der Waals surface area contributed by atoms with E-state index in [9.17, 15) is 0 Å². The van der Waals surface area contributed by atoms with Crippen LogP contribution in [0.2, 0.25) is 0 Å². The smallest absolute Gasteiger partial charge is 0.0641 e. The first-order valence-corrected chi connectivity index (χ1v) is 26.4. The van der Waals surface area contributed by atoms with Crippen LogP contribution in [0.15, 0.2) is 176 Å². The number of nitrogens with one attached hydrogen (secondary N) is 1. The van der Waals surface area contributed by atoms with E-state index in [-0.39, 0.29) is 27.1 Å². The van der Waals surface area contributed by atoms with Crippen molar-refractivity contribution in [3.63, 3.8) is 0 Å². The van der Waals surface area contributed by atoms with Crippen molar-refractivity contribution in [1.82, 2.24) is 9.55 Å². The molecule has 0 aliphatic heterocycles. The molecule has 0 fully saturated rings. The molecule has 0 saturated carbocycles. The number of anilines is 3. The van der Waals surface area contributed by atoms with Crippen molar-refractivity contribution in [3.8, 4) is 39.2 Å². The van der Waals surface area contributed by atoms with E-state index in [1.54, 1.807) is 0 Å². The lowest BCUT2D eigenvalue weighted by Gasteiger charge is -2.30. The second-order valence-electron chi connectivity index (χ2n) is 25.7. The summed E-state index contributed by atoms with van der Waals surface area (Å²) >= 11 is 0. The predicted molar refractivity (Wildman–Crippen MR) is 317 cm³/mol. The fraction of sp³-hybridized carbons (Fsp3) is 0.286. The van der Waals surface area contributed by atoms with Crippen molar-refractivity contribution >= 4 is 49.8 Å². The van der Waals surface area contributed by atoms with E-state index in [1.807, 2.05) is 0 Å². The zero-order chi connectivity index (χ0) is 52.0. The lowest BCUT2D eigenvalue weighted by atomic mass is 9.84. The van der Waals surface area contributed by atoms with Gasteiger partial charge < -0.3 is 14.5 Å². The van der Waals surface area contributed by atoms with Crippen LogP contribution in [0, 0.1) is 0 Å². The van der Waals surface area contributed by atoms with E-state index in [2.05, 4.69) is 294 Å². The number of hydrogen-bond donors (Lipinski definition) is 1. The van der Waals surface area contributed by atoms with Crippen LogP contribution in [-0.2, 0) is 27.1 Å². The molecule has 0 atom stereocenters. The van der Waals surface area contributed by atoms with E-state index in [0.29, 0.717) is 0 Å². The molecule has 1 N–H and O–H groups in total. The van der Waals surface area contributed by atoms with Gasteiger partial charge in [0.2, 0.25) is 0 Å². The van der Waals surface area contributed by atoms with E-state index in [1.165, 1.54) is 77.3 Å². The van der Waals surface area contributed by atoms with Crippen LogP contribution in [0.4, 0.5) is 17.1 Å². The summed E-state index contributed by atoms with van der Waals surface area (Å²) in [7, 11) is 0. The van der Waals surface area contributed by atoms with Crippen LogP contribution in [-0.4, -0.2) is 9.55 Å². The van der Waals surface area contributed by atoms with Gasteiger partial charge in [0.05, 0.1) is 22.2 Å². The molecule has 73 heavy (non-hydrogen) atoms. The molecule has 0 unspecified atom stereocenters. The van der Waals surface area contributed by atoms with E-state index < -0.39 is 0 Å². The summed E-state index contributed by atoms with van der Waals surface area (Å²) in [5.74, 6) is 0.